The minimum absolute atomic E-state index is 0. The maximum atomic E-state index is 12.5. The molecule has 3 nitrogen and oxygen atoms in total. The lowest BCUT2D eigenvalue weighted by Gasteiger charge is -2.22. The fourth-order valence-corrected chi connectivity index (χ4v) is 4.16. The van der Waals surface area contributed by atoms with Gasteiger partial charge in [0, 0.05) is 36.1 Å². The molecular weight excluding hydrogens is 334 g/mol. The Hall–Kier alpha value is -1.97. The predicted octanol–water partition coefficient (Wildman–Crippen LogP) is 3.45. The first-order valence-electron chi connectivity index (χ1n) is 8.56. The van der Waals surface area contributed by atoms with Crippen LogP contribution in [0.2, 0.25) is 0 Å². The summed E-state index contributed by atoms with van der Waals surface area (Å²) in [5.74, 6) is 0.537. The lowest BCUT2D eigenvalue weighted by Crippen LogP contribution is -2.34. The summed E-state index contributed by atoms with van der Waals surface area (Å²) in [7, 11) is 2.02. The van der Waals surface area contributed by atoms with E-state index in [0.717, 1.165) is 35.1 Å². The van der Waals surface area contributed by atoms with Gasteiger partial charge in [-0.1, -0.05) is 48.5 Å². The molecule has 0 bridgehead atoms. The number of halogens is 1. The zero-order chi connectivity index (χ0) is 16.7. The molecule has 0 N–H and O–H groups in total. The topological polar surface area (TPSA) is 37.4 Å². The van der Waals surface area contributed by atoms with Crippen LogP contribution in [0.3, 0.4) is 0 Å². The molecule has 2 aromatic rings. The van der Waals surface area contributed by atoms with Crippen molar-refractivity contribution in [2.45, 2.75) is 12.8 Å². The van der Waals surface area contributed by atoms with Crippen LogP contribution in [0.5, 0.6) is 0 Å². The van der Waals surface area contributed by atoms with Gasteiger partial charge < -0.3 is 4.90 Å². The van der Waals surface area contributed by atoms with Gasteiger partial charge >= 0.3 is 0 Å². The highest BCUT2D eigenvalue weighted by atomic mass is 35.5. The highest BCUT2D eigenvalue weighted by Crippen LogP contribution is 2.29. The summed E-state index contributed by atoms with van der Waals surface area (Å²) in [5, 5.41) is 0. The molecule has 0 fully saturated rings. The molecule has 2 aromatic carbocycles. The molecule has 0 amide bonds. The number of fused-ring (bicyclic) bond motifs is 2. The van der Waals surface area contributed by atoms with Crippen LogP contribution in [0.15, 0.2) is 48.5 Å². The van der Waals surface area contributed by atoms with Crippen LogP contribution in [0.1, 0.15) is 31.8 Å². The third kappa shape index (κ3) is 3.26. The van der Waals surface area contributed by atoms with E-state index >= 15 is 0 Å². The van der Waals surface area contributed by atoms with Crippen molar-refractivity contribution in [3.05, 3.63) is 70.8 Å². The van der Waals surface area contributed by atoms with Crippen LogP contribution >= 0.6 is 12.4 Å². The van der Waals surface area contributed by atoms with Gasteiger partial charge in [-0.2, -0.15) is 0 Å². The first-order chi connectivity index (χ1) is 11.6. The third-order valence-corrected chi connectivity index (χ3v) is 5.30. The molecule has 2 aliphatic carbocycles. The van der Waals surface area contributed by atoms with E-state index in [-0.39, 0.29) is 35.8 Å². The summed E-state index contributed by atoms with van der Waals surface area (Å²) in [4.78, 5) is 27.2. The Morgan fingerprint density at radius 3 is 1.60 bits per heavy atom. The van der Waals surface area contributed by atoms with Gasteiger partial charge in [0.1, 0.15) is 0 Å². The summed E-state index contributed by atoms with van der Waals surface area (Å²) in [5.41, 5.74) is 4.07. The normalized spacial score (nSPS) is 21.2. The largest absolute Gasteiger partial charge is 0.305 e. The lowest BCUT2D eigenvalue weighted by atomic mass is 10.0. The number of rotatable bonds is 4. The summed E-state index contributed by atoms with van der Waals surface area (Å²) < 4.78 is 0. The molecule has 0 aliphatic heterocycles. The smallest absolute Gasteiger partial charge is 0.167 e. The summed E-state index contributed by atoms with van der Waals surface area (Å²) in [6, 6.07) is 15.8. The molecule has 2 atom stereocenters. The monoisotopic (exact) mass is 355 g/mol. The van der Waals surface area contributed by atoms with Crippen molar-refractivity contribution in [3.8, 4) is 0 Å². The number of ketones is 2. The molecule has 4 rings (SSSR count). The number of carbonyl (C=O) groups is 2. The fraction of sp³-hybridized carbons (Fsp3) is 0.333. The van der Waals surface area contributed by atoms with E-state index in [9.17, 15) is 9.59 Å². The number of benzene rings is 2. The van der Waals surface area contributed by atoms with Crippen LogP contribution in [0.25, 0.3) is 0 Å². The Morgan fingerprint density at radius 2 is 1.20 bits per heavy atom. The van der Waals surface area contributed by atoms with Crippen LogP contribution in [-0.4, -0.2) is 36.6 Å². The standard InChI is InChI=1S/C21H21NO2.ClH/c1-22(12-16-10-14-6-2-4-8-18(14)20(16)23)13-17-11-15-7-3-5-9-19(15)21(17)24;/h2-9,16-17H,10-13H2,1H3;1H. The number of hydrogen-bond donors (Lipinski definition) is 0. The molecule has 0 heterocycles. The van der Waals surface area contributed by atoms with Gasteiger partial charge in [-0.15, -0.1) is 12.4 Å². The van der Waals surface area contributed by atoms with Gasteiger partial charge in [0.25, 0.3) is 0 Å². The second kappa shape index (κ2) is 7.11. The molecule has 130 valence electrons. The van der Waals surface area contributed by atoms with E-state index in [0.29, 0.717) is 13.1 Å². The van der Waals surface area contributed by atoms with Crippen LogP contribution in [-0.2, 0) is 12.8 Å². The van der Waals surface area contributed by atoms with Crippen LogP contribution in [0, 0.1) is 11.8 Å². The summed E-state index contributed by atoms with van der Waals surface area (Å²) in [6.07, 6.45) is 1.64. The molecule has 25 heavy (non-hydrogen) atoms. The van der Waals surface area contributed by atoms with Gasteiger partial charge in [-0.3, -0.25) is 9.59 Å². The van der Waals surface area contributed by atoms with Gasteiger partial charge in [-0.25, -0.2) is 0 Å². The zero-order valence-corrected chi connectivity index (χ0v) is 15.1. The average Bonchev–Trinajstić information content (AvgIpc) is 3.06. The van der Waals surface area contributed by atoms with Crippen molar-refractivity contribution in [2.75, 3.05) is 20.1 Å². The van der Waals surface area contributed by atoms with Gasteiger partial charge in [0.05, 0.1) is 0 Å². The van der Waals surface area contributed by atoms with Crippen LogP contribution in [0.4, 0.5) is 0 Å². The minimum Gasteiger partial charge on any atom is -0.305 e. The predicted molar refractivity (Wildman–Crippen MR) is 101 cm³/mol. The number of hydrogen-bond acceptors (Lipinski definition) is 3. The molecule has 0 aromatic heterocycles. The molecule has 2 unspecified atom stereocenters. The molecule has 0 saturated heterocycles. The fourth-order valence-electron chi connectivity index (χ4n) is 4.16. The van der Waals surface area contributed by atoms with Crippen molar-refractivity contribution in [3.63, 3.8) is 0 Å². The van der Waals surface area contributed by atoms with E-state index in [2.05, 4.69) is 4.90 Å². The van der Waals surface area contributed by atoms with Gasteiger partial charge in [0.2, 0.25) is 0 Å². The van der Waals surface area contributed by atoms with Crippen molar-refractivity contribution in [2.24, 2.45) is 11.8 Å². The highest BCUT2D eigenvalue weighted by Gasteiger charge is 2.34. The first kappa shape index (κ1) is 17.8. The maximum Gasteiger partial charge on any atom is 0.167 e. The van der Waals surface area contributed by atoms with Gasteiger partial charge in [-0.05, 0) is 31.0 Å². The second-order valence-electron chi connectivity index (χ2n) is 7.07. The molecule has 0 saturated carbocycles. The van der Waals surface area contributed by atoms with Crippen molar-refractivity contribution in [1.82, 2.24) is 4.90 Å². The third-order valence-electron chi connectivity index (χ3n) is 5.30. The Labute approximate surface area is 154 Å². The Bertz CT molecular complexity index is 750. The van der Waals surface area contributed by atoms with Gasteiger partial charge in [0.15, 0.2) is 11.6 Å². The Balaban J connectivity index is 0.00000182. The maximum absolute atomic E-state index is 12.5. The summed E-state index contributed by atoms with van der Waals surface area (Å²) >= 11 is 0. The van der Waals surface area contributed by atoms with E-state index < -0.39 is 0 Å². The minimum atomic E-state index is 0. The average molecular weight is 356 g/mol. The molecule has 4 heteroatoms. The Kier molecular flexibility index (Phi) is 5.07. The van der Waals surface area contributed by atoms with Crippen LogP contribution < -0.4 is 0 Å². The van der Waals surface area contributed by atoms with Crippen molar-refractivity contribution >= 4 is 24.0 Å². The molecule has 0 radical (unpaired) electrons. The SMILES string of the molecule is CN(CC1Cc2ccccc2C1=O)CC1Cc2ccccc2C1=O.Cl. The summed E-state index contributed by atoms with van der Waals surface area (Å²) in [6.45, 7) is 1.43. The molecule has 2 aliphatic rings. The van der Waals surface area contributed by atoms with E-state index in [4.69, 9.17) is 0 Å². The highest BCUT2D eigenvalue weighted by molar-refractivity contribution is 6.03. The number of Topliss-reactive ketones (excluding diaryl/α,β-unsaturated/α-hetero) is 2. The first-order valence-corrected chi connectivity index (χ1v) is 8.56. The second-order valence-corrected chi connectivity index (χ2v) is 7.07. The quantitative estimate of drug-likeness (QED) is 0.843. The number of nitrogens with zero attached hydrogens (tertiary/aromatic N) is 1. The lowest BCUT2D eigenvalue weighted by molar-refractivity contribution is 0.0873. The van der Waals surface area contributed by atoms with E-state index in [1.165, 1.54) is 0 Å². The van der Waals surface area contributed by atoms with Crippen molar-refractivity contribution in [1.29, 1.82) is 0 Å². The van der Waals surface area contributed by atoms with E-state index in [1.54, 1.807) is 0 Å². The molecule has 0 spiro atoms. The molecular formula is C21H22ClNO2. The zero-order valence-electron chi connectivity index (χ0n) is 14.3. The van der Waals surface area contributed by atoms with E-state index in [1.807, 2.05) is 55.6 Å². The Morgan fingerprint density at radius 1 is 0.800 bits per heavy atom. The number of carbonyl (C=O) groups excluding carboxylic acids is 2. The van der Waals surface area contributed by atoms with Crippen molar-refractivity contribution < 1.29 is 9.59 Å².